The smallest absolute Gasteiger partial charge is 0.253 e. The second-order valence-corrected chi connectivity index (χ2v) is 8.92. The van der Waals surface area contributed by atoms with Crippen molar-refractivity contribution in [3.05, 3.63) is 83.6 Å². The molecule has 2 aliphatic heterocycles. The Bertz CT molecular complexity index is 1110. The quantitative estimate of drug-likeness (QED) is 0.527. The van der Waals surface area contributed by atoms with Gasteiger partial charge in [0.2, 0.25) is 0 Å². The van der Waals surface area contributed by atoms with E-state index in [1.807, 2.05) is 24.3 Å². The molecule has 7 nitrogen and oxygen atoms in total. The molecule has 0 bridgehead atoms. The van der Waals surface area contributed by atoms with Gasteiger partial charge in [0.05, 0.1) is 11.6 Å². The van der Waals surface area contributed by atoms with Crippen molar-refractivity contribution >= 4 is 17.4 Å². The van der Waals surface area contributed by atoms with Crippen molar-refractivity contribution in [2.24, 2.45) is 0 Å². The molecule has 34 heavy (non-hydrogen) atoms. The molecule has 1 amide bonds. The number of carbonyl (C=O) groups is 1. The summed E-state index contributed by atoms with van der Waals surface area (Å²) in [6, 6.07) is 20.3. The van der Waals surface area contributed by atoms with Crippen LogP contribution in [0.5, 0.6) is 5.75 Å². The van der Waals surface area contributed by atoms with E-state index in [0.717, 1.165) is 49.7 Å². The molecule has 3 N–H and O–H groups in total. The summed E-state index contributed by atoms with van der Waals surface area (Å²) in [7, 11) is 0. The Kier molecular flexibility index (Phi) is 6.62. The lowest BCUT2D eigenvalue weighted by molar-refractivity contribution is 0.0915. The summed E-state index contributed by atoms with van der Waals surface area (Å²) in [4.78, 5) is 19.6. The first-order valence-corrected chi connectivity index (χ1v) is 12.0. The van der Waals surface area contributed by atoms with Crippen LogP contribution in [0.4, 0.5) is 11.5 Å². The molecule has 0 aliphatic carbocycles. The topological polar surface area (TPSA) is 78.5 Å². The zero-order valence-corrected chi connectivity index (χ0v) is 19.5. The molecular formula is C27H31N5O2. The maximum atomic E-state index is 12.8. The summed E-state index contributed by atoms with van der Waals surface area (Å²) in [6.07, 6.45) is 2.37. The Balaban J connectivity index is 1.16. The van der Waals surface area contributed by atoms with Crippen LogP contribution in [-0.4, -0.2) is 49.7 Å². The number of hydrogen-bond acceptors (Lipinski definition) is 6. The van der Waals surface area contributed by atoms with E-state index >= 15 is 0 Å². The predicted octanol–water partition coefficient (Wildman–Crippen LogP) is 3.40. The van der Waals surface area contributed by atoms with Crippen LogP contribution < -0.4 is 25.6 Å². The van der Waals surface area contributed by atoms with Crippen LogP contribution in [0.15, 0.2) is 66.9 Å². The third kappa shape index (κ3) is 5.15. The average molecular weight is 458 g/mol. The number of nitrogens with zero attached hydrogens (tertiary/aromatic N) is 2. The van der Waals surface area contributed by atoms with Gasteiger partial charge >= 0.3 is 0 Å². The minimum atomic E-state index is -0.135. The van der Waals surface area contributed by atoms with Crippen molar-refractivity contribution < 1.29 is 9.53 Å². The number of aromatic nitrogens is 1. The number of hydrogen-bond donors (Lipinski definition) is 3. The summed E-state index contributed by atoms with van der Waals surface area (Å²) in [6.45, 7) is 6.57. The minimum Gasteiger partial charge on any atom is -0.491 e. The van der Waals surface area contributed by atoms with Gasteiger partial charge in [0, 0.05) is 50.2 Å². The van der Waals surface area contributed by atoms with Gasteiger partial charge in [-0.15, -0.1) is 0 Å². The van der Waals surface area contributed by atoms with Gasteiger partial charge in [0.25, 0.3) is 5.91 Å². The minimum absolute atomic E-state index is 0.0686. The fraction of sp³-hybridized carbons (Fsp3) is 0.333. The third-order valence-electron chi connectivity index (χ3n) is 6.46. The number of nitrogens with one attached hydrogen (secondary N) is 3. The zero-order chi connectivity index (χ0) is 23.3. The highest BCUT2D eigenvalue weighted by Gasteiger charge is 2.23. The van der Waals surface area contributed by atoms with E-state index in [-0.39, 0.29) is 18.0 Å². The molecule has 5 rings (SSSR count). The molecule has 3 heterocycles. The number of benzene rings is 2. The van der Waals surface area contributed by atoms with Crippen LogP contribution >= 0.6 is 0 Å². The van der Waals surface area contributed by atoms with Gasteiger partial charge in [-0.2, -0.15) is 0 Å². The van der Waals surface area contributed by atoms with Gasteiger partial charge in [-0.3, -0.25) is 4.79 Å². The van der Waals surface area contributed by atoms with Crippen LogP contribution in [0.25, 0.3) is 0 Å². The Hall–Kier alpha value is -3.58. The largest absolute Gasteiger partial charge is 0.491 e. The lowest BCUT2D eigenvalue weighted by Gasteiger charge is -2.31. The number of rotatable bonds is 6. The Morgan fingerprint density at radius 3 is 2.71 bits per heavy atom. The van der Waals surface area contributed by atoms with E-state index in [1.165, 1.54) is 11.3 Å². The van der Waals surface area contributed by atoms with E-state index < -0.39 is 0 Å². The lowest BCUT2D eigenvalue weighted by Crippen LogP contribution is -2.44. The van der Waals surface area contributed by atoms with Gasteiger partial charge in [0.1, 0.15) is 18.2 Å². The summed E-state index contributed by atoms with van der Waals surface area (Å²) in [5, 5.41) is 9.85. The van der Waals surface area contributed by atoms with E-state index in [1.54, 1.807) is 12.3 Å². The zero-order valence-electron chi connectivity index (χ0n) is 19.5. The molecule has 0 saturated carbocycles. The number of fused-ring (bicyclic) bond motifs is 1. The second-order valence-electron chi connectivity index (χ2n) is 8.92. The normalized spacial score (nSPS) is 18.4. The van der Waals surface area contributed by atoms with Crippen molar-refractivity contribution in [3.63, 3.8) is 0 Å². The highest BCUT2D eigenvalue weighted by Crippen LogP contribution is 2.30. The first-order chi connectivity index (χ1) is 16.7. The molecule has 2 aromatic carbocycles. The second kappa shape index (κ2) is 10.1. The van der Waals surface area contributed by atoms with Crippen LogP contribution in [-0.2, 0) is 6.42 Å². The summed E-state index contributed by atoms with van der Waals surface area (Å²) in [5.74, 6) is 1.53. The SMILES string of the molecule is C[C@@H](Nc1ccc(C(=O)N[C@H]2COc3cc(N4CCNCC4)ccc3C2)cn1)c1ccccc1. The highest BCUT2D eigenvalue weighted by molar-refractivity contribution is 5.94. The van der Waals surface area contributed by atoms with E-state index in [0.29, 0.717) is 12.2 Å². The Morgan fingerprint density at radius 1 is 1.12 bits per heavy atom. The Morgan fingerprint density at radius 2 is 1.94 bits per heavy atom. The fourth-order valence-corrected chi connectivity index (χ4v) is 4.50. The monoisotopic (exact) mass is 457 g/mol. The first-order valence-electron chi connectivity index (χ1n) is 12.0. The highest BCUT2D eigenvalue weighted by atomic mass is 16.5. The third-order valence-corrected chi connectivity index (χ3v) is 6.46. The van der Waals surface area contributed by atoms with E-state index in [9.17, 15) is 4.79 Å². The molecular weight excluding hydrogens is 426 g/mol. The molecule has 0 unspecified atom stereocenters. The van der Waals surface area contributed by atoms with Crippen LogP contribution in [0.1, 0.15) is 34.5 Å². The molecule has 2 atom stereocenters. The maximum absolute atomic E-state index is 12.8. The molecule has 0 radical (unpaired) electrons. The number of piperazine rings is 1. The van der Waals surface area contributed by atoms with Gasteiger partial charge in [-0.1, -0.05) is 36.4 Å². The summed E-state index contributed by atoms with van der Waals surface area (Å²) in [5.41, 5.74) is 4.05. The van der Waals surface area contributed by atoms with Crippen molar-refractivity contribution in [2.75, 3.05) is 43.0 Å². The van der Waals surface area contributed by atoms with E-state index in [2.05, 4.69) is 63.1 Å². The molecule has 3 aromatic rings. The van der Waals surface area contributed by atoms with Gasteiger partial charge in [-0.25, -0.2) is 4.98 Å². The van der Waals surface area contributed by atoms with Crippen molar-refractivity contribution in [1.29, 1.82) is 0 Å². The number of pyridine rings is 1. The number of carbonyl (C=O) groups excluding carboxylic acids is 1. The van der Waals surface area contributed by atoms with Crippen LogP contribution in [0, 0.1) is 0 Å². The Labute approximate surface area is 200 Å². The maximum Gasteiger partial charge on any atom is 0.253 e. The number of ether oxygens (including phenoxy) is 1. The summed E-state index contributed by atoms with van der Waals surface area (Å²) < 4.78 is 6.03. The average Bonchev–Trinajstić information content (AvgIpc) is 2.90. The van der Waals surface area contributed by atoms with Crippen molar-refractivity contribution in [2.45, 2.75) is 25.4 Å². The number of amides is 1. The van der Waals surface area contributed by atoms with Crippen LogP contribution in [0.2, 0.25) is 0 Å². The van der Waals surface area contributed by atoms with Crippen LogP contribution in [0.3, 0.4) is 0 Å². The predicted molar refractivity (Wildman–Crippen MR) is 135 cm³/mol. The molecule has 7 heteroatoms. The molecule has 2 aliphatic rings. The molecule has 176 valence electrons. The number of anilines is 2. The van der Waals surface area contributed by atoms with E-state index in [4.69, 9.17) is 4.74 Å². The first kappa shape index (κ1) is 22.2. The van der Waals surface area contributed by atoms with Gasteiger partial charge in [0.15, 0.2) is 0 Å². The standard InChI is InChI=1S/C27H31N5O2/c1-19(20-5-3-2-4-6-20)30-26-10-8-22(17-29-26)27(33)31-23-15-21-7-9-24(16-25(21)34-18-23)32-13-11-28-12-14-32/h2-10,16-17,19,23,28H,11-15,18H2,1H3,(H,29,30)(H,31,33)/t19-,23-/m1/s1. The van der Waals surface area contributed by atoms with Gasteiger partial charge in [-0.05, 0) is 42.7 Å². The molecule has 1 aromatic heterocycles. The van der Waals surface area contributed by atoms with Crippen molar-refractivity contribution in [1.82, 2.24) is 15.6 Å². The molecule has 0 spiro atoms. The fourth-order valence-electron chi connectivity index (χ4n) is 4.50. The van der Waals surface area contributed by atoms with Crippen molar-refractivity contribution in [3.8, 4) is 5.75 Å². The molecule has 1 saturated heterocycles. The molecule has 1 fully saturated rings. The lowest BCUT2D eigenvalue weighted by atomic mass is 10.0. The van der Waals surface area contributed by atoms with Gasteiger partial charge < -0.3 is 25.6 Å². The summed E-state index contributed by atoms with van der Waals surface area (Å²) >= 11 is 0.